The molecule has 2 aliphatic heterocycles. The van der Waals surface area contributed by atoms with Crippen LogP contribution >= 0.6 is 0 Å². The van der Waals surface area contributed by atoms with E-state index in [0.29, 0.717) is 48.5 Å². The molecule has 1 atom stereocenters. The number of hydrogen-bond acceptors (Lipinski definition) is 9. The van der Waals surface area contributed by atoms with Crippen molar-refractivity contribution >= 4 is 17.0 Å². The minimum absolute atomic E-state index is 0.104. The third kappa shape index (κ3) is 6.02. The number of ether oxygens (including phenoxy) is 4. The zero-order valence-corrected chi connectivity index (χ0v) is 23.9. The molecule has 0 aliphatic carbocycles. The van der Waals surface area contributed by atoms with Crippen molar-refractivity contribution in [3.8, 4) is 17.4 Å². The summed E-state index contributed by atoms with van der Waals surface area (Å²) in [6.07, 6.45) is 4.69. The Morgan fingerprint density at radius 2 is 1.90 bits per heavy atom. The number of aromatic carboxylic acids is 1. The van der Waals surface area contributed by atoms with Crippen molar-refractivity contribution in [2.45, 2.75) is 51.0 Å². The molecule has 11 heteroatoms. The lowest BCUT2D eigenvalue weighted by molar-refractivity contribution is -0.0592. The quantitative estimate of drug-likeness (QED) is 0.278. The molecule has 1 aromatic carbocycles. The summed E-state index contributed by atoms with van der Waals surface area (Å²) in [5.74, 6) is 2.00. The molecule has 42 heavy (non-hydrogen) atoms. The molecule has 0 bridgehead atoms. The highest BCUT2D eigenvalue weighted by molar-refractivity contribution is 5.95. The van der Waals surface area contributed by atoms with Gasteiger partial charge in [-0.1, -0.05) is 6.07 Å². The Morgan fingerprint density at radius 3 is 2.57 bits per heavy atom. The van der Waals surface area contributed by atoms with E-state index in [1.54, 1.807) is 26.5 Å². The summed E-state index contributed by atoms with van der Waals surface area (Å²) in [6.45, 7) is 4.18. The van der Waals surface area contributed by atoms with Crippen LogP contribution in [0.25, 0.3) is 11.0 Å². The van der Waals surface area contributed by atoms with Gasteiger partial charge in [0, 0.05) is 24.3 Å². The van der Waals surface area contributed by atoms with Crippen LogP contribution in [0, 0.1) is 0 Å². The number of carbonyl (C=O) groups is 1. The lowest BCUT2D eigenvalue weighted by Gasteiger charge is -2.32. The maximum atomic E-state index is 11.8. The van der Waals surface area contributed by atoms with Gasteiger partial charge in [0.15, 0.2) is 0 Å². The standard InChI is InChI=1S/C31H35N5O6/c1-39-23-7-6-22(32-16-23)19-42-29-5-3-4-25(33-29)20-8-11-35(12-9-20)18-28-34-30-26(36(28)17-24-10-13-41-24)14-21(31(37)38)15-27(30)40-2/h3-7,14-16,20,24H,8-13,17-19H2,1-2H3,(H,37,38)/t24-/m0/s1. The van der Waals surface area contributed by atoms with Crippen LogP contribution in [-0.4, -0.2) is 75.5 Å². The highest BCUT2D eigenvalue weighted by Gasteiger charge is 2.27. The number of hydrogen-bond donors (Lipinski definition) is 1. The van der Waals surface area contributed by atoms with E-state index in [-0.39, 0.29) is 11.7 Å². The molecule has 1 N–H and O–H groups in total. The Kier molecular flexibility index (Phi) is 8.20. The van der Waals surface area contributed by atoms with Crippen molar-refractivity contribution in [2.24, 2.45) is 0 Å². The summed E-state index contributed by atoms with van der Waals surface area (Å²) < 4.78 is 24.5. The number of pyridine rings is 2. The zero-order chi connectivity index (χ0) is 29.1. The van der Waals surface area contributed by atoms with Crippen molar-refractivity contribution in [2.75, 3.05) is 33.9 Å². The number of fused-ring (bicyclic) bond motifs is 1. The van der Waals surface area contributed by atoms with Crippen molar-refractivity contribution in [3.63, 3.8) is 0 Å². The number of carboxylic acid groups (broad SMARTS) is 1. The molecule has 2 aliphatic rings. The molecular weight excluding hydrogens is 538 g/mol. The molecule has 2 saturated heterocycles. The van der Waals surface area contributed by atoms with E-state index in [1.807, 2.05) is 24.3 Å². The van der Waals surface area contributed by atoms with Crippen molar-refractivity contribution in [1.29, 1.82) is 0 Å². The number of methoxy groups -OCH3 is 2. The summed E-state index contributed by atoms with van der Waals surface area (Å²) in [5, 5.41) is 9.66. The molecular formula is C31H35N5O6. The normalized spacial score (nSPS) is 17.6. The molecule has 4 aromatic rings. The fourth-order valence-corrected chi connectivity index (χ4v) is 5.57. The lowest BCUT2D eigenvalue weighted by atomic mass is 9.93. The maximum Gasteiger partial charge on any atom is 0.335 e. The molecule has 3 aromatic heterocycles. The van der Waals surface area contributed by atoms with Crippen LogP contribution in [0.1, 0.15) is 52.8 Å². The molecule has 2 fully saturated rings. The fourth-order valence-electron chi connectivity index (χ4n) is 5.57. The molecule has 11 nitrogen and oxygen atoms in total. The highest BCUT2D eigenvalue weighted by Crippen LogP contribution is 2.32. The van der Waals surface area contributed by atoms with E-state index in [1.165, 1.54) is 6.07 Å². The predicted octanol–water partition coefficient (Wildman–Crippen LogP) is 4.29. The van der Waals surface area contributed by atoms with Crippen molar-refractivity contribution in [1.82, 2.24) is 24.4 Å². The second kappa shape index (κ2) is 12.3. The number of aromatic nitrogens is 4. The second-order valence-electron chi connectivity index (χ2n) is 10.7. The van der Waals surface area contributed by atoms with Crippen LogP contribution < -0.4 is 14.2 Å². The first kappa shape index (κ1) is 27.9. The van der Waals surface area contributed by atoms with Gasteiger partial charge in [-0.3, -0.25) is 9.88 Å². The third-order valence-corrected chi connectivity index (χ3v) is 8.06. The van der Waals surface area contributed by atoms with Crippen molar-refractivity contribution in [3.05, 3.63) is 71.4 Å². The highest BCUT2D eigenvalue weighted by atomic mass is 16.5. The number of carboxylic acids is 1. The molecule has 0 spiro atoms. The number of nitrogens with zero attached hydrogens (tertiary/aromatic N) is 5. The number of rotatable bonds is 11. The molecule has 0 unspecified atom stereocenters. The Morgan fingerprint density at radius 1 is 1.07 bits per heavy atom. The van der Waals surface area contributed by atoms with Crippen LogP contribution in [0.4, 0.5) is 0 Å². The molecule has 5 heterocycles. The summed E-state index contributed by atoms with van der Waals surface area (Å²) in [5.41, 5.74) is 3.47. The first-order valence-corrected chi connectivity index (χ1v) is 14.2. The second-order valence-corrected chi connectivity index (χ2v) is 10.7. The van der Waals surface area contributed by atoms with Gasteiger partial charge in [0.2, 0.25) is 5.88 Å². The summed E-state index contributed by atoms with van der Waals surface area (Å²) >= 11 is 0. The van der Waals surface area contributed by atoms with Gasteiger partial charge in [-0.25, -0.2) is 14.8 Å². The molecule has 0 saturated carbocycles. The SMILES string of the molecule is COc1ccc(COc2cccc(C3CCN(Cc4nc5c(OC)cc(C(=O)O)cc5n4C[C@@H]4CCO4)CC3)n2)nc1. The lowest BCUT2D eigenvalue weighted by Crippen LogP contribution is -2.35. The van der Waals surface area contributed by atoms with E-state index in [0.717, 1.165) is 61.7 Å². The largest absolute Gasteiger partial charge is 0.495 e. The third-order valence-electron chi connectivity index (χ3n) is 8.06. The smallest absolute Gasteiger partial charge is 0.335 e. The van der Waals surface area contributed by atoms with Crippen LogP contribution in [0.3, 0.4) is 0 Å². The zero-order valence-electron chi connectivity index (χ0n) is 23.9. The van der Waals surface area contributed by atoms with Gasteiger partial charge < -0.3 is 28.6 Å². The molecule has 0 radical (unpaired) electrons. The number of likely N-dealkylation sites (tertiary alicyclic amines) is 1. The van der Waals surface area contributed by atoms with E-state index >= 15 is 0 Å². The van der Waals surface area contributed by atoms with Crippen molar-refractivity contribution < 1.29 is 28.8 Å². The van der Waals surface area contributed by atoms with E-state index in [2.05, 4.69) is 20.5 Å². The first-order chi connectivity index (χ1) is 20.5. The van der Waals surface area contributed by atoms with Gasteiger partial charge in [0.05, 0.1) is 56.4 Å². The summed E-state index contributed by atoms with van der Waals surface area (Å²) in [7, 11) is 3.16. The van der Waals surface area contributed by atoms with Gasteiger partial charge in [-0.15, -0.1) is 0 Å². The van der Waals surface area contributed by atoms with E-state index < -0.39 is 5.97 Å². The molecule has 0 amide bonds. The Hall–Kier alpha value is -4.22. The van der Waals surface area contributed by atoms with Crippen LogP contribution in [-0.2, 0) is 24.4 Å². The summed E-state index contributed by atoms with van der Waals surface area (Å²) in [6, 6.07) is 12.9. The van der Waals surface area contributed by atoms with Gasteiger partial charge in [0.25, 0.3) is 0 Å². The average Bonchev–Trinajstić information content (AvgIpc) is 3.34. The molecule has 6 rings (SSSR count). The maximum absolute atomic E-state index is 11.8. The average molecular weight is 574 g/mol. The number of imidazole rings is 1. The monoisotopic (exact) mass is 573 g/mol. The van der Waals surface area contributed by atoms with Crippen LogP contribution in [0.5, 0.6) is 17.4 Å². The minimum Gasteiger partial charge on any atom is -0.495 e. The Bertz CT molecular complexity index is 1540. The topological polar surface area (TPSA) is 121 Å². The predicted molar refractivity (Wildman–Crippen MR) is 154 cm³/mol. The minimum atomic E-state index is -0.994. The van der Waals surface area contributed by atoms with Gasteiger partial charge in [0.1, 0.15) is 29.4 Å². The van der Waals surface area contributed by atoms with Gasteiger partial charge in [-0.2, -0.15) is 0 Å². The fraction of sp³-hybridized carbons (Fsp3) is 0.419. The van der Waals surface area contributed by atoms with Crippen LogP contribution in [0.15, 0.2) is 48.7 Å². The van der Waals surface area contributed by atoms with Gasteiger partial charge in [-0.05, 0) is 62.7 Å². The Labute approximate surface area is 244 Å². The molecule has 220 valence electrons. The van der Waals surface area contributed by atoms with E-state index in [4.69, 9.17) is 28.9 Å². The number of piperidine rings is 1. The van der Waals surface area contributed by atoms with E-state index in [9.17, 15) is 9.90 Å². The summed E-state index contributed by atoms with van der Waals surface area (Å²) in [4.78, 5) is 28.3. The van der Waals surface area contributed by atoms with Crippen LogP contribution in [0.2, 0.25) is 0 Å². The number of benzene rings is 1. The first-order valence-electron chi connectivity index (χ1n) is 14.2. The van der Waals surface area contributed by atoms with Gasteiger partial charge >= 0.3 is 5.97 Å². The Balaban J connectivity index is 1.13.